The first-order chi connectivity index (χ1) is 7.87. The first-order valence-corrected chi connectivity index (χ1v) is 6.61. The molecule has 0 aliphatic carbocycles. The lowest BCUT2D eigenvalue weighted by atomic mass is 10.1. The Labute approximate surface area is 98.9 Å². The van der Waals surface area contributed by atoms with Gasteiger partial charge in [0.1, 0.15) is 5.82 Å². The minimum Gasteiger partial charge on any atom is -0.396 e. The van der Waals surface area contributed by atoms with Crippen LogP contribution in [0.5, 0.6) is 0 Å². The quantitative estimate of drug-likeness (QED) is 0.786. The lowest BCUT2D eigenvalue weighted by molar-refractivity contribution is 0.0982. The first kappa shape index (κ1) is 13.4. The number of halogens is 1. The Balaban J connectivity index is 2.95. The van der Waals surface area contributed by atoms with Crippen LogP contribution in [-0.2, 0) is 10.0 Å². The normalized spacial score (nSPS) is 11.2. The van der Waals surface area contributed by atoms with Crippen LogP contribution in [0.15, 0.2) is 18.2 Å². The fourth-order valence-electron chi connectivity index (χ4n) is 1.25. The largest absolute Gasteiger partial charge is 0.396 e. The highest BCUT2D eigenvalue weighted by Gasteiger charge is 2.18. The Morgan fingerprint density at radius 1 is 1.47 bits per heavy atom. The van der Waals surface area contributed by atoms with Gasteiger partial charge in [-0.1, -0.05) is 13.0 Å². The highest BCUT2D eigenvalue weighted by atomic mass is 32.2. The minimum atomic E-state index is -3.69. The van der Waals surface area contributed by atoms with Gasteiger partial charge in [0.15, 0.2) is 0 Å². The fraction of sp³-hybridized carbons (Fsp3) is 0.300. The van der Waals surface area contributed by atoms with Gasteiger partial charge >= 0.3 is 0 Å². The molecule has 94 valence electrons. The van der Waals surface area contributed by atoms with Crippen molar-refractivity contribution >= 4 is 21.6 Å². The van der Waals surface area contributed by atoms with Gasteiger partial charge in [-0.25, -0.2) is 17.5 Å². The molecule has 0 heterocycles. The number of hydrogen-bond acceptors (Lipinski definition) is 4. The van der Waals surface area contributed by atoms with Crippen molar-refractivity contribution in [3.8, 4) is 0 Å². The topological polar surface area (TPSA) is 89.3 Å². The summed E-state index contributed by atoms with van der Waals surface area (Å²) in [6, 6.07) is 3.63. The lowest BCUT2D eigenvalue weighted by Gasteiger charge is -2.08. The summed E-state index contributed by atoms with van der Waals surface area (Å²) < 4.78 is 37.6. The molecule has 0 unspecified atom stereocenters. The van der Waals surface area contributed by atoms with Gasteiger partial charge in [-0.05, 0) is 18.6 Å². The molecule has 1 rings (SSSR count). The number of nitrogens with one attached hydrogen (secondary N) is 1. The Hall–Kier alpha value is -1.63. The van der Waals surface area contributed by atoms with Crippen LogP contribution in [0.1, 0.15) is 23.7 Å². The van der Waals surface area contributed by atoms with E-state index in [9.17, 15) is 17.6 Å². The second-order valence-electron chi connectivity index (χ2n) is 3.45. The molecule has 7 heteroatoms. The molecule has 3 N–H and O–H groups in total. The summed E-state index contributed by atoms with van der Waals surface area (Å²) in [6.07, 6.45) is 0.376. The van der Waals surface area contributed by atoms with Crippen LogP contribution < -0.4 is 10.5 Å². The number of rotatable bonds is 4. The monoisotopic (exact) mass is 260 g/mol. The van der Waals surface area contributed by atoms with Crippen molar-refractivity contribution in [3.63, 3.8) is 0 Å². The summed E-state index contributed by atoms with van der Waals surface area (Å²) in [5.74, 6) is -1.85. The highest BCUT2D eigenvalue weighted by molar-refractivity contribution is 7.90. The van der Waals surface area contributed by atoms with Crippen molar-refractivity contribution in [1.29, 1.82) is 0 Å². The molecule has 0 saturated heterocycles. The SMILES string of the molecule is CCCS(=O)(=O)NC(=O)c1cccc(F)c1N. The maximum Gasteiger partial charge on any atom is 0.266 e. The zero-order valence-electron chi connectivity index (χ0n) is 9.23. The predicted octanol–water partition coefficient (Wildman–Crippen LogP) is 0.877. The van der Waals surface area contributed by atoms with Crippen molar-refractivity contribution in [2.24, 2.45) is 0 Å². The van der Waals surface area contributed by atoms with Gasteiger partial charge in [0, 0.05) is 0 Å². The number of hydrogen-bond donors (Lipinski definition) is 2. The van der Waals surface area contributed by atoms with Gasteiger partial charge in [-0.2, -0.15) is 0 Å². The van der Waals surface area contributed by atoms with Gasteiger partial charge in [-0.3, -0.25) is 4.79 Å². The van der Waals surface area contributed by atoms with E-state index in [2.05, 4.69) is 0 Å². The van der Waals surface area contributed by atoms with Crippen LogP contribution in [-0.4, -0.2) is 20.1 Å². The molecule has 0 aromatic heterocycles. The third-order valence-electron chi connectivity index (χ3n) is 2.02. The third-order valence-corrected chi connectivity index (χ3v) is 3.46. The second kappa shape index (κ2) is 5.13. The zero-order valence-corrected chi connectivity index (χ0v) is 10.1. The van der Waals surface area contributed by atoms with E-state index >= 15 is 0 Å². The third kappa shape index (κ3) is 3.42. The van der Waals surface area contributed by atoms with Crippen LogP contribution in [0, 0.1) is 5.82 Å². The summed E-state index contributed by atoms with van der Waals surface area (Å²) in [7, 11) is -3.69. The van der Waals surface area contributed by atoms with Crippen LogP contribution in [0.3, 0.4) is 0 Å². The number of para-hydroxylation sites is 1. The van der Waals surface area contributed by atoms with Crippen LogP contribution >= 0.6 is 0 Å². The molecule has 5 nitrogen and oxygen atoms in total. The van der Waals surface area contributed by atoms with E-state index in [-0.39, 0.29) is 17.0 Å². The molecule has 0 atom stereocenters. The highest BCUT2D eigenvalue weighted by Crippen LogP contribution is 2.15. The molecule has 0 aliphatic rings. The van der Waals surface area contributed by atoms with E-state index in [1.807, 2.05) is 4.72 Å². The number of carbonyl (C=O) groups is 1. The second-order valence-corrected chi connectivity index (χ2v) is 5.29. The molecular weight excluding hydrogens is 247 g/mol. The van der Waals surface area contributed by atoms with E-state index in [1.165, 1.54) is 12.1 Å². The number of nitrogen functional groups attached to an aromatic ring is 1. The van der Waals surface area contributed by atoms with Crippen molar-refractivity contribution < 1.29 is 17.6 Å². The number of nitrogens with two attached hydrogens (primary N) is 1. The van der Waals surface area contributed by atoms with Gasteiger partial charge in [-0.15, -0.1) is 0 Å². The molecule has 0 bridgehead atoms. The number of carbonyl (C=O) groups excluding carboxylic acids is 1. The standard InChI is InChI=1S/C10H13FN2O3S/c1-2-6-17(15,16)13-10(14)7-4-3-5-8(11)9(7)12/h3-5H,2,6,12H2,1H3,(H,13,14). The molecule has 0 aliphatic heterocycles. The number of anilines is 1. The van der Waals surface area contributed by atoms with Gasteiger partial charge in [0.05, 0.1) is 17.0 Å². The zero-order chi connectivity index (χ0) is 13.1. The fourth-order valence-corrected chi connectivity index (χ4v) is 2.28. The minimum absolute atomic E-state index is 0.173. The van der Waals surface area contributed by atoms with Crippen LogP contribution in [0.25, 0.3) is 0 Å². The maximum atomic E-state index is 13.1. The molecule has 1 aromatic carbocycles. The average molecular weight is 260 g/mol. The Morgan fingerprint density at radius 2 is 2.12 bits per heavy atom. The van der Waals surface area contributed by atoms with Crippen molar-refractivity contribution in [1.82, 2.24) is 4.72 Å². The number of amides is 1. The van der Waals surface area contributed by atoms with E-state index < -0.39 is 21.7 Å². The lowest BCUT2D eigenvalue weighted by Crippen LogP contribution is -2.32. The molecule has 0 fully saturated rings. The van der Waals surface area contributed by atoms with Crippen molar-refractivity contribution in [2.45, 2.75) is 13.3 Å². The molecule has 0 radical (unpaired) electrons. The number of benzene rings is 1. The summed E-state index contributed by atoms with van der Waals surface area (Å²) in [5.41, 5.74) is 4.79. The van der Waals surface area contributed by atoms with Gasteiger partial charge in [0.2, 0.25) is 10.0 Å². The molecule has 0 saturated carbocycles. The summed E-state index contributed by atoms with van der Waals surface area (Å²) in [6.45, 7) is 1.67. The molecule has 17 heavy (non-hydrogen) atoms. The molecule has 1 aromatic rings. The Kier molecular flexibility index (Phi) is 4.06. The Morgan fingerprint density at radius 3 is 2.71 bits per heavy atom. The summed E-state index contributed by atoms with van der Waals surface area (Å²) in [4.78, 5) is 11.6. The van der Waals surface area contributed by atoms with E-state index in [1.54, 1.807) is 6.92 Å². The average Bonchev–Trinajstić information content (AvgIpc) is 2.21. The molecular formula is C10H13FN2O3S. The summed E-state index contributed by atoms with van der Waals surface area (Å²) >= 11 is 0. The smallest absolute Gasteiger partial charge is 0.266 e. The van der Waals surface area contributed by atoms with E-state index in [4.69, 9.17) is 5.73 Å². The molecule has 0 spiro atoms. The van der Waals surface area contributed by atoms with E-state index in [0.717, 1.165) is 6.07 Å². The summed E-state index contributed by atoms with van der Waals surface area (Å²) in [5, 5.41) is 0. The van der Waals surface area contributed by atoms with Crippen molar-refractivity contribution in [2.75, 3.05) is 11.5 Å². The van der Waals surface area contributed by atoms with Crippen molar-refractivity contribution in [3.05, 3.63) is 29.6 Å². The number of sulfonamides is 1. The predicted molar refractivity (Wildman–Crippen MR) is 62.4 cm³/mol. The van der Waals surface area contributed by atoms with E-state index in [0.29, 0.717) is 6.42 Å². The van der Waals surface area contributed by atoms with Crippen LogP contribution in [0.4, 0.5) is 10.1 Å². The van der Waals surface area contributed by atoms with Crippen LogP contribution in [0.2, 0.25) is 0 Å². The molecule has 1 amide bonds. The maximum absolute atomic E-state index is 13.1. The van der Waals surface area contributed by atoms with Gasteiger partial charge in [0.25, 0.3) is 5.91 Å². The first-order valence-electron chi connectivity index (χ1n) is 4.96. The Bertz CT molecular complexity index is 528. The van der Waals surface area contributed by atoms with Gasteiger partial charge < -0.3 is 5.73 Å².